The molecule has 0 unspecified atom stereocenters. The minimum atomic E-state index is -0.134. The van der Waals surface area contributed by atoms with Crippen LogP contribution in [-0.2, 0) is 11.2 Å². The zero-order valence-corrected chi connectivity index (χ0v) is 10.1. The van der Waals surface area contributed by atoms with Gasteiger partial charge in [-0.1, -0.05) is 12.1 Å². The molecule has 1 aliphatic carbocycles. The Morgan fingerprint density at radius 3 is 2.59 bits per heavy atom. The molecule has 3 nitrogen and oxygen atoms in total. The predicted molar refractivity (Wildman–Crippen MR) is 67.8 cm³/mol. The summed E-state index contributed by atoms with van der Waals surface area (Å²) >= 11 is 0. The van der Waals surface area contributed by atoms with Crippen molar-refractivity contribution in [1.82, 2.24) is 0 Å². The normalized spacial score (nSPS) is 16.6. The summed E-state index contributed by atoms with van der Waals surface area (Å²) < 4.78 is 0. The smallest absolute Gasteiger partial charge is 0.221 e. The standard InChI is InChI=1S/C14H19NO2/c1-10(16)15-13-7-2-11(3-8-13)4-9-14(17)12-5-6-12/h2-3,7-8,12,14,17H,4-6,9H2,1H3,(H,15,16)/t14-/m1/s1. The molecule has 0 saturated heterocycles. The van der Waals surface area contributed by atoms with E-state index in [0.717, 1.165) is 18.5 Å². The molecule has 0 spiro atoms. The number of aliphatic hydroxyl groups is 1. The maximum atomic E-state index is 10.9. The van der Waals surface area contributed by atoms with Crippen molar-refractivity contribution in [1.29, 1.82) is 0 Å². The number of hydrogen-bond donors (Lipinski definition) is 2. The van der Waals surface area contributed by atoms with Crippen LogP contribution in [0.1, 0.15) is 31.7 Å². The van der Waals surface area contributed by atoms with Crippen molar-refractivity contribution in [3.05, 3.63) is 29.8 Å². The zero-order valence-electron chi connectivity index (χ0n) is 10.1. The first-order chi connectivity index (χ1) is 8.15. The number of benzene rings is 1. The maximum absolute atomic E-state index is 10.9. The summed E-state index contributed by atoms with van der Waals surface area (Å²) in [5.74, 6) is 0.496. The molecule has 2 N–H and O–H groups in total. The Labute approximate surface area is 102 Å². The molecular formula is C14H19NO2. The molecule has 0 aromatic heterocycles. The van der Waals surface area contributed by atoms with Gasteiger partial charge in [0.15, 0.2) is 0 Å². The van der Waals surface area contributed by atoms with Crippen molar-refractivity contribution >= 4 is 11.6 Å². The van der Waals surface area contributed by atoms with Crippen LogP contribution in [0.15, 0.2) is 24.3 Å². The van der Waals surface area contributed by atoms with E-state index in [9.17, 15) is 9.90 Å². The van der Waals surface area contributed by atoms with Crippen LogP contribution >= 0.6 is 0 Å². The van der Waals surface area contributed by atoms with Gasteiger partial charge in [0.2, 0.25) is 5.91 Å². The lowest BCUT2D eigenvalue weighted by Gasteiger charge is -2.09. The fourth-order valence-electron chi connectivity index (χ4n) is 1.99. The van der Waals surface area contributed by atoms with E-state index in [0.29, 0.717) is 5.92 Å². The number of anilines is 1. The molecule has 0 aliphatic heterocycles. The van der Waals surface area contributed by atoms with Gasteiger partial charge in [-0.25, -0.2) is 0 Å². The highest BCUT2D eigenvalue weighted by atomic mass is 16.3. The fourth-order valence-corrected chi connectivity index (χ4v) is 1.99. The molecule has 92 valence electrons. The number of aryl methyl sites for hydroxylation is 1. The number of carbonyl (C=O) groups is 1. The van der Waals surface area contributed by atoms with Crippen molar-refractivity contribution in [2.45, 2.75) is 38.7 Å². The first kappa shape index (κ1) is 12.1. The molecule has 1 aromatic carbocycles. The molecule has 17 heavy (non-hydrogen) atoms. The Morgan fingerprint density at radius 1 is 1.41 bits per heavy atom. The van der Waals surface area contributed by atoms with Crippen molar-refractivity contribution in [2.75, 3.05) is 5.32 Å². The lowest BCUT2D eigenvalue weighted by Crippen LogP contribution is -2.10. The number of hydrogen-bond acceptors (Lipinski definition) is 2. The van der Waals surface area contributed by atoms with Gasteiger partial charge in [-0.15, -0.1) is 0 Å². The summed E-state index contributed by atoms with van der Waals surface area (Å²) in [6.45, 7) is 1.50. The van der Waals surface area contributed by atoms with Crippen LogP contribution in [-0.4, -0.2) is 17.1 Å². The molecular weight excluding hydrogens is 214 g/mol. The number of nitrogens with one attached hydrogen (secondary N) is 1. The SMILES string of the molecule is CC(=O)Nc1ccc(CC[C@@H](O)C2CC2)cc1. The van der Waals surface area contributed by atoms with Crippen molar-refractivity contribution in [3.63, 3.8) is 0 Å². The Balaban J connectivity index is 1.82. The van der Waals surface area contributed by atoms with E-state index >= 15 is 0 Å². The van der Waals surface area contributed by atoms with Gasteiger partial charge in [0.25, 0.3) is 0 Å². The van der Waals surface area contributed by atoms with Crippen molar-refractivity contribution in [2.24, 2.45) is 5.92 Å². The molecule has 0 bridgehead atoms. The monoisotopic (exact) mass is 233 g/mol. The summed E-state index contributed by atoms with van der Waals surface area (Å²) in [6, 6.07) is 7.82. The highest BCUT2D eigenvalue weighted by Gasteiger charge is 2.28. The molecule has 3 heteroatoms. The van der Waals surface area contributed by atoms with Crippen LogP contribution in [0.5, 0.6) is 0 Å². The lowest BCUT2D eigenvalue weighted by atomic mass is 10.0. The summed E-state index contributed by atoms with van der Waals surface area (Å²) in [5.41, 5.74) is 2.03. The largest absolute Gasteiger partial charge is 0.393 e. The molecule has 1 aromatic rings. The van der Waals surface area contributed by atoms with Gasteiger partial charge in [-0.3, -0.25) is 4.79 Å². The first-order valence-electron chi connectivity index (χ1n) is 6.20. The molecule has 1 amide bonds. The van der Waals surface area contributed by atoms with Crippen LogP contribution in [0.3, 0.4) is 0 Å². The maximum Gasteiger partial charge on any atom is 0.221 e. The van der Waals surface area contributed by atoms with Crippen LogP contribution in [0, 0.1) is 5.92 Å². The van der Waals surface area contributed by atoms with E-state index in [1.165, 1.54) is 25.3 Å². The second-order valence-corrected chi connectivity index (χ2v) is 4.82. The van der Waals surface area contributed by atoms with E-state index in [4.69, 9.17) is 0 Å². The lowest BCUT2D eigenvalue weighted by molar-refractivity contribution is -0.114. The van der Waals surface area contributed by atoms with E-state index in [1.807, 2.05) is 24.3 Å². The van der Waals surface area contributed by atoms with Gasteiger partial charge < -0.3 is 10.4 Å². The van der Waals surface area contributed by atoms with Gasteiger partial charge in [0.05, 0.1) is 6.10 Å². The van der Waals surface area contributed by atoms with Crippen LogP contribution in [0.2, 0.25) is 0 Å². The van der Waals surface area contributed by atoms with E-state index in [2.05, 4.69) is 5.32 Å². The van der Waals surface area contributed by atoms with Gasteiger partial charge in [0, 0.05) is 12.6 Å². The third-order valence-electron chi connectivity index (χ3n) is 3.17. The fraction of sp³-hybridized carbons (Fsp3) is 0.500. The summed E-state index contributed by atoms with van der Waals surface area (Å²) in [6.07, 6.45) is 3.97. The Kier molecular flexibility index (Phi) is 3.79. The van der Waals surface area contributed by atoms with Crippen LogP contribution in [0.25, 0.3) is 0 Å². The Morgan fingerprint density at radius 2 is 2.06 bits per heavy atom. The molecule has 1 fully saturated rings. The van der Waals surface area contributed by atoms with Crippen molar-refractivity contribution in [3.8, 4) is 0 Å². The third kappa shape index (κ3) is 3.86. The molecule has 0 radical (unpaired) electrons. The summed E-state index contributed by atoms with van der Waals surface area (Å²) in [5, 5.41) is 12.5. The van der Waals surface area contributed by atoms with E-state index in [-0.39, 0.29) is 12.0 Å². The quantitative estimate of drug-likeness (QED) is 0.820. The van der Waals surface area contributed by atoms with E-state index in [1.54, 1.807) is 0 Å². The van der Waals surface area contributed by atoms with E-state index < -0.39 is 0 Å². The number of amides is 1. The molecule has 1 atom stereocenters. The third-order valence-corrected chi connectivity index (χ3v) is 3.17. The van der Waals surface area contributed by atoms with Gasteiger partial charge in [-0.05, 0) is 49.3 Å². The summed E-state index contributed by atoms with van der Waals surface area (Å²) in [7, 11) is 0. The van der Waals surface area contributed by atoms with Gasteiger partial charge in [-0.2, -0.15) is 0 Å². The number of aliphatic hydroxyl groups excluding tert-OH is 1. The minimum absolute atomic E-state index is 0.0538. The van der Waals surface area contributed by atoms with Crippen LogP contribution < -0.4 is 5.32 Å². The van der Waals surface area contributed by atoms with Gasteiger partial charge >= 0.3 is 0 Å². The highest BCUT2D eigenvalue weighted by molar-refractivity contribution is 5.88. The van der Waals surface area contributed by atoms with Crippen molar-refractivity contribution < 1.29 is 9.90 Å². The average Bonchev–Trinajstić information content (AvgIpc) is 3.11. The average molecular weight is 233 g/mol. The Hall–Kier alpha value is -1.35. The predicted octanol–water partition coefficient (Wildman–Crippen LogP) is 2.35. The molecule has 1 aliphatic rings. The number of carbonyl (C=O) groups excluding carboxylic acids is 1. The molecule has 2 rings (SSSR count). The second-order valence-electron chi connectivity index (χ2n) is 4.82. The van der Waals surface area contributed by atoms with Gasteiger partial charge in [0.1, 0.15) is 0 Å². The van der Waals surface area contributed by atoms with Crippen LogP contribution in [0.4, 0.5) is 5.69 Å². The minimum Gasteiger partial charge on any atom is -0.393 e. The highest BCUT2D eigenvalue weighted by Crippen LogP contribution is 2.34. The molecule has 1 saturated carbocycles. The molecule has 0 heterocycles. The zero-order chi connectivity index (χ0) is 12.3. The second kappa shape index (κ2) is 5.32. The number of rotatable bonds is 5. The summed E-state index contributed by atoms with van der Waals surface area (Å²) in [4.78, 5) is 10.9. The Bertz CT molecular complexity index is 382. The first-order valence-corrected chi connectivity index (χ1v) is 6.20. The topological polar surface area (TPSA) is 49.3 Å².